The molecule has 3 rings (SSSR count). The molecular formula is C14H9FN2O. The minimum absolute atomic E-state index is 0.281. The van der Waals surface area contributed by atoms with E-state index < -0.39 is 5.82 Å². The maximum atomic E-state index is 13.1. The smallest absolute Gasteiger partial charge is 0.267 e. The molecule has 0 aliphatic rings. The van der Waals surface area contributed by atoms with Crippen LogP contribution in [0.3, 0.4) is 0 Å². The number of para-hydroxylation sites is 1. The summed E-state index contributed by atoms with van der Waals surface area (Å²) in [6, 6.07) is 13.0. The Labute approximate surface area is 102 Å². The van der Waals surface area contributed by atoms with Gasteiger partial charge in [-0.25, -0.2) is 4.39 Å². The van der Waals surface area contributed by atoms with Crippen molar-refractivity contribution in [1.82, 2.24) is 9.78 Å². The summed E-state index contributed by atoms with van der Waals surface area (Å²) >= 11 is 0. The van der Waals surface area contributed by atoms with Gasteiger partial charge in [0.2, 0.25) is 0 Å². The summed E-state index contributed by atoms with van der Waals surface area (Å²) in [5.41, 5.74) is 0.996. The van der Waals surface area contributed by atoms with E-state index in [4.69, 9.17) is 0 Å². The minimum Gasteiger partial charge on any atom is -0.267 e. The lowest BCUT2D eigenvalue weighted by atomic mass is 10.2. The molecule has 0 radical (unpaired) electrons. The van der Waals surface area contributed by atoms with Crippen molar-refractivity contribution in [1.29, 1.82) is 0 Å². The maximum Gasteiger partial charge on any atom is 0.278 e. The van der Waals surface area contributed by atoms with Gasteiger partial charge in [0, 0.05) is 10.9 Å². The van der Waals surface area contributed by atoms with Crippen molar-refractivity contribution in [3.63, 3.8) is 0 Å². The van der Waals surface area contributed by atoms with Gasteiger partial charge in [0.05, 0.1) is 11.7 Å². The Bertz CT molecular complexity index is 733. The Morgan fingerprint density at radius 3 is 2.78 bits per heavy atom. The molecule has 2 aromatic carbocycles. The molecule has 18 heavy (non-hydrogen) atoms. The third-order valence-corrected chi connectivity index (χ3v) is 2.74. The molecule has 0 aliphatic heterocycles. The molecule has 0 aliphatic carbocycles. The van der Waals surface area contributed by atoms with Gasteiger partial charge in [0.15, 0.2) is 0 Å². The zero-order chi connectivity index (χ0) is 12.5. The molecule has 1 aromatic heterocycles. The average molecular weight is 240 g/mol. The number of carbonyl (C=O) groups excluding carboxylic acids is 1. The Balaban J connectivity index is 2.12. The molecule has 1 heterocycles. The highest BCUT2D eigenvalue weighted by molar-refractivity contribution is 6.00. The van der Waals surface area contributed by atoms with Crippen LogP contribution in [-0.2, 0) is 0 Å². The molecule has 0 unspecified atom stereocenters. The van der Waals surface area contributed by atoms with Crippen LogP contribution in [0, 0.1) is 5.82 Å². The lowest BCUT2D eigenvalue weighted by Crippen LogP contribution is -2.13. The molecule has 0 amide bonds. The second-order valence-corrected chi connectivity index (χ2v) is 3.93. The number of nitrogens with zero attached hydrogens (tertiary/aromatic N) is 2. The highest BCUT2D eigenvalue weighted by Gasteiger charge is 2.12. The van der Waals surface area contributed by atoms with Gasteiger partial charge in [0.1, 0.15) is 5.82 Å². The Kier molecular flexibility index (Phi) is 2.41. The minimum atomic E-state index is -0.433. The number of aromatic nitrogens is 2. The summed E-state index contributed by atoms with van der Waals surface area (Å²) in [5.74, 6) is -0.770. The van der Waals surface area contributed by atoms with E-state index in [-0.39, 0.29) is 11.5 Å². The third-order valence-electron chi connectivity index (χ3n) is 2.74. The second kappa shape index (κ2) is 4.07. The first-order valence-corrected chi connectivity index (χ1v) is 5.49. The molecule has 88 valence electrons. The fourth-order valence-corrected chi connectivity index (χ4v) is 1.88. The number of halogens is 1. The number of benzene rings is 2. The SMILES string of the molecule is O=C(c1cccc(F)c1)n1ncc2ccccc21. The first-order valence-electron chi connectivity index (χ1n) is 5.49. The fourth-order valence-electron chi connectivity index (χ4n) is 1.88. The highest BCUT2D eigenvalue weighted by Crippen LogP contribution is 2.14. The van der Waals surface area contributed by atoms with Gasteiger partial charge in [-0.2, -0.15) is 9.78 Å². The van der Waals surface area contributed by atoms with Gasteiger partial charge in [-0.3, -0.25) is 4.79 Å². The second-order valence-electron chi connectivity index (χ2n) is 3.93. The molecule has 0 saturated heterocycles. The predicted molar refractivity (Wildman–Crippen MR) is 65.9 cm³/mol. The summed E-state index contributed by atoms with van der Waals surface area (Å²) in [7, 11) is 0. The van der Waals surface area contributed by atoms with E-state index in [1.807, 2.05) is 18.2 Å². The van der Waals surface area contributed by atoms with Crippen LogP contribution < -0.4 is 0 Å². The van der Waals surface area contributed by atoms with Crippen LogP contribution >= 0.6 is 0 Å². The maximum absolute atomic E-state index is 13.1. The highest BCUT2D eigenvalue weighted by atomic mass is 19.1. The molecule has 0 fully saturated rings. The van der Waals surface area contributed by atoms with E-state index in [9.17, 15) is 9.18 Å². The van der Waals surface area contributed by atoms with Gasteiger partial charge in [-0.1, -0.05) is 24.3 Å². The van der Waals surface area contributed by atoms with Crippen molar-refractivity contribution in [2.75, 3.05) is 0 Å². The number of fused-ring (bicyclic) bond motifs is 1. The third kappa shape index (κ3) is 1.68. The molecule has 3 aromatic rings. The first-order chi connectivity index (χ1) is 8.75. The van der Waals surface area contributed by atoms with Crippen LogP contribution in [0.2, 0.25) is 0 Å². The lowest BCUT2D eigenvalue weighted by Gasteiger charge is -2.02. The van der Waals surface area contributed by atoms with Crippen LogP contribution in [0.4, 0.5) is 4.39 Å². The van der Waals surface area contributed by atoms with Crippen LogP contribution in [-0.4, -0.2) is 15.7 Å². The van der Waals surface area contributed by atoms with E-state index in [2.05, 4.69) is 5.10 Å². The van der Waals surface area contributed by atoms with Crippen LogP contribution in [0.25, 0.3) is 10.9 Å². The van der Waals surface area contributed by atoms with Gasteiger partial charge >= 0.3 is 0 Å². The zero-order valence-electron chi connectivity index (χ0n) is 9.38. The molecule has 0 atom stereocenters. The molecule has 0 N–H and O–H groups in total. The molecule has 0 bridgehead atoms. The normalized spacial score (nSPS) is 10.7. The van der Waals surface area contributed by atoms with E-state index in [1.165, 1.54) is 22.9 Å². The number of hydrogen-bond donors (Lipinski definition) is 0. The van der Waals surface area contributed by atoms with Crippen molar-refractivity contribution in [2.45, 2.75) is 0 Å². The Hall–Kier alpha value is -2.49. The van der Waals surface area contributed by atoms with E-state index in [1.54, 1.807) is 18.3 Å². The summed E-state index contributed by atoms with van der Waals surface area (Å²) in [6.07, 6.45) is 1.62. The monoisotopic (exact) mass is 240 g/mol. The van der Waals surface area contributed by atoms with Crippen molar-refractivity contribution in [3.05, 3.63) is 66.1 Å². The van der Waals surface area contributed by atoms with Crippen LogP contribution in [0.5, 0.6) is 0 Å². The van der Waals surface area contributed by atoms with Crippen LogP contribution in [0.15, 0.2) is 54.7 Å². The van der Waals surface area contributed by atoms with Crippen molar-refractivity contribution < 1.29 is 9.18 Å². The topological polar surface area (TPSA) is 34.9 Å². The standard InChI is InChI=1S/C14H9FN2O/c15-12-6-3-5-10(8-12)14(18)17-13-7-2-1-4-11(13)9-16-17/h1-9H. The molecular weight excluding hydrogens is 231 g/mol. The van der Waals surface area contributed by atoms with E-state index >= 15 is 0 Å². The predicted octanol–water partition coefficient (Wildman–Crippen LogP) is 2.86. The largest absolute Gasteiger partial charge is 0.278 e. The molecule has 0 spiro atoms. The van der Waals surface area contributed by atoms with Crippen LogP contribution in [0.1, 0.15) is 10.4 Å². The van der Waals surface area contributed by atoms with Gasteiger partial charge in [-0.15, -0.1) is 0 Å². The van der Waals surface area contributed by atoms with Gasteiger partial charge in [-0.05, 0) is 24.3 Å². The quantitative estimate of drug-likeness (QED) is 0.655. The summed E-state index contributed by atoms with van der Waals surface area (Å²) in [4.78, 5) is 12.2. The average Bonchev–Trinajstić information content (AvgIpc) is 2.82. The van der Waals surface area contributed by atoms with Crippen molar-refractivity contribution in [2.24, 2.45) is 0 Å². The van der Waals surface area contributed by atoms with Crippen molar-refractivity contribution >= 4 is 16.8 Å². The van der Waals surface area contributed by atoms with E-state index in [0.717, 1.165) is 5.39 Å². The van der Waals surface area contributed by atoms with E-state index in [0.29, 0.717) is 5.52 Å². The summed E-state index contributed by atoms with van der Waals surface area (Å²) in [5, 5.41) is 4.92. The molecule has 4 heteroatoms. The van der Waals surface area contributed by atoms with Gasteiger partial charge < -0.3 is 0 Å². The lowest BCUT2D eigenvalue weighted by molar-refractivity contribution is 0.0950. The number of rotatable bonds is 1. The number of hydrogen-bond acceptors (Lipinski definition) is 2. The summed E-state index contributed by atoms with van der Waals surface area (Å²) < 4.78 is 14.4. The Morgan fingerprint density at radius 1 is 1.11 bits per heavy atom. The first kappa shape index (κ1) is 10.7. The molecule has 0 saturated carbocycles. The number of carbonyl (C=O) groups is 1. The van der Waals surface area contributed by atoms with Gasteiger partial charge in [0.25, 0.3) is 5.91 Å². The molecule has 3 nitrogen and oxygen atoms in total. The Morgan fingerprint density at radius 2 is 1.94 bits per heavy atom. The van der Waals surface area contributed by atoms with Crippen molar-refractivity contribution in [3.8, 4) is 0 Å². The fraction of sp³-hybridized carbons (Fsp3) is 0. The zero-order valence-corrected chi connectivity index (χ0v) is 9.38. The summed E-state index contributed by atoms with van der Waals surface area (Å²) in [6.45, 7) is 0.